The molecule has 0 radical (unpaired) electrons. The predicted octanol–water partition coefficient (Wildman–Crippen LogP) is 2.67. The van der Waals surface area contributed by atoms with Crippen LogP contribution in [0.1, 0.15) is 12.8 Å². The van der Waals surface area contributed by atoms with Crippen molar-refractivity contribution in [1.29, 1.82) is 0 Å². The molecule has 2 aromatic rings. The van der Waals surface area contributed by atoms with Crippen molar-refractivity contribution in [3.05, 3.63) is 58.6 Å². The minimum Gasteiger partial charge on any atom is -0.495 e. The Kier molecular flexibility index (Phi) is 6.84. The van der Waals surface area contributed by atoms with Crippen LogP contribution in [-0.4, -0.2) is 54.9 Å². The number of anilines is 2. The number of rotatable bonds is 7. The lowest BCUT2D eigenvalue weighted by molar-refractivity contribution is -0.384. The highest BCUT2D eigenvalue weighted by Gasteiger charge is 2.23. The van der Waals surface area contributed by atoms with Crippen LogP contribution in [0, 0.1) is 10.1 Å². The molecule has 0 atom stereocenters. The van der Waals surface area contributed by atoms with E-state index >= 15 is 0 Å². The van der Waals surface area contributed by atoms with Gasteiger partial charge in [0, 0.05) is 56.8 Å². The topological polar surface area (TPSA) is 105 Å². The Morgan fingerprint density at radius 2 is 1.80 bits per heavy atom. The van der Waals surface area contributed by atoms with Crippen molar-refractivity contribution < 1.29 is 19.2 Å². The number of nitro groups is 1. The summed E-state index contributed by atoms with van der Waals surface area (Å²) in [6.07, 6.45) is 0.115. The summed E-state index contributed by atoms with van der Waals surface area (Å²) >= 11 is 0. The van der Waals surface area contributed by atoms with E-state index in [1.165, 1.54) is 18.2 Å². The monoisotopic (exact) mass is 412 g/mol. The second-order valence-corrected chi connectivity index (χ2v) is 6.90. The maximum atomic E-state index is 12.5. The van der Waals surface area contributed by atoms with Gasteiger partial charge in [-0.05, 0) is 18.2 Å². The van der Waals surface area contributed by atoms with Gasteiger partial charge < -0.3 is 19.9 Å². The number of benzene rings is 2. The normalized spacial score (nSPS) is 13.6. The molecule has 0 bridgehead atoms. The van der Waals surface area contributed by atoms with Gasteiger partial charge in [0.25, 0.3) is 5.69 Å². The molecule has 0 unspecified atom stereocenters. The van der Waals surface area contributed by atoms with E-state index in [1.54, 1.807) is 18.1 Å². The summed E-state index contributed by atoms with van der Waals surface area (Å²) in [5.41, 5.74) is 1.24. The van der Waals surface area contributed by atoms with Crippen LogP contribution in [0.15, 0.2) is 48.5 Å². The summed E-state index contributed by atoms with van der Waals surface area (Å²) in [5, 5.41) is 13.4. The average Bonchev–Trinajstić information content (AvgIpc) is 2.77. The minimum absolute atomic E-state index is 0.0221. The van der Waals surface area contributed by atoms with Crippen molar-refractivity contribution in [3.63, 3.8) is 0 Å². The first-order valence-electron chi connectivity index (χ1n) is 9.68. The molecule has 0 aliphatic carbocycles. The van der Waals surface area contributed by atoms with Crippen molar-refractivity contribution >= 4 is 28.9 Å². The van der Waals surface area contributed by atoms with Crippen LogP contribution in [0.2, 0.25) is 0 Å². The summed E-state index contributed by atoms with van der Waals surface area (Å²) < 4.78 is 5.40. The Bertz CT molecular complexity index is 925. The number of hydrogen-bond donors (Lipinski definition) is 1. The molecule has 0 spiro atoms. The van der Waals surface area contributed by atoms with E-state index < -0.39 is 4.92 Å². The number of nitro benzene ring substituents is 1. The van der Waals surface area contributed by atoms with Crippen LogP contribution >= 0.6 is 0 Å². The van der Waals surface area contributed by atoms with Crippen LogP contribution in [0.5, 0.6) is 5.75 Å². The van der Waals surface area contributed by atoms with Gasteiger partial charge in [-0.3, -0.25) is 19.7 Å². The van der Waals surface area contributed by atoms with Crippen molar-refractivity contribution in [2.24, 2.45) is 0 Å². The van der Waals surface area contributed by atoms with Crippen LogP contribution in [0.4, 0.5) is 17.1 Å². The second kappa shape index (κ2) is 9.73. The van der Waals surface area contributed by atoms with Crippen molar-refractivity contribution in [1.82, 2.24) is 4.90 Å². The van der Waals surface area contributed by atoms with E-state index in [2.05, 4.69) is 10.2 Å². The fourth-order valence-corrected chi connectivity index (χ4v) is 3.39. The van der Waals surface area contributed by atoms with E-state index in [0.29, 0.717) is 31.9 Å². The molecule has 1 saturated heterocycles. The third-order valence-corrected chi connectivity index (χ3v) is 4.96. The zero-order valence-electron chi connectivity index (χ0n) is 16.7. The van der Waals surface area contributed by atoms with Gasteiger partial charge >= 0.3 is 0 Å². The highest BCUT2D eigenvalue weighted by molar-refractivity contribution is 5.93. The molecule has 0 saturated carbocycles. The molecule has 1 N–H and O–H groups in total. The highest BCUT2D eigenvalue weighted by Crippen LogP contribution is 2.28. The number of carbonyl (C=O) groups is 2. The minimum atomic E-state index is -0.524. The van der Waals surface area contributed by atoms with Crippen molar-refractivity contribution in [2.45, 2.75) is 12.8 Å². The number of hydrogen-bond acceptors (Lipinski definition) is 6. The lowest BCUT2D eigenvalue weighted by Gasteiger charge is -2.36. The number of nitrogens with zero attached hydrogens (tertiary/aromatic N) is 3. The molecule has 9 nitrogen and oxygen atoms in total. The molecule has 30 heavy (non-hydrogen) atoms. The molecule has 0 aromatic heterocycles. The smallest absolute Gasteiger partial charge is 0.271 e. The predicted molar refractivity (Wildman–Crippen MR) is 113 cm³/mol. The Morgan fingerprint density at radius 3 is 2.50 bits per heavy atom. The summed E-state index contributed by atoms with van der Waals surface area (Å²) in [6, 6.07) is 13.5. The van der Waals surface area contributed by atoms with Crippen LogP contribution in [0.25, 0.3) is 0 Å². The number of ether oxygens (including phenoxy) is 1. The Morgan fingerprint density at radius 1 is 1.07 bits per heavy atom. The summed E-state index contributed by atoms with van der Waals surface area (Å²) in [5.74, 6) is 0.371. The molecule has 1 fully saturated rings. The molecule has 2 amide bonds. The molecule has 1 heterocycles. The summed E-state index contributed by atoms with van der Waals surface area (Å²) in [4.78, 5) is 38.8. The van der Waals surface area contributed by atoms with Gasteiger partial charge in [0.15, 0.2) is 0 Å². The third-order valence-electron chi connectivity index (χ3n) is 4.96. The number of para-hydroxylation sites is 2. The Labute approximate surface area is 174 Å². The van der Waals surface area contributed by atoms with E-state index in [1.807, 2.05) is 24.3 Å². The van der Waals surface area contributed by atoms with Crippen LogP contribution in [-0.2, 0) is 9.59 Å². The van der Waals surface area contributed by atoms with E-state index in [0.717, 1.165) is 11.4 Å². The quantitative estimate of drug-likeness (QED) is 0.554. The van der Waals surface area contributed by atoms with Crippen molar-refractivity contribution in [3.8, 4) is 5.75 Å². The molecule has 2 aromatic carbocycles. The average molecular weight is 412 g/mol. The van der Waals surface area contributed by atoms with Gasteiger partial charge in [-0.2, -0.15) is 0 Å². The van der Waals surface area contributed by atoms with Gasteiger partial charge in [-0.15, -0.1) is 0 Å². The molecular weight excluding hydrogens is 388 g/mol. The molecule has 1 aliphatic rings. The molecule has 1 aliphatic heterocycles. The van der Waals surface area contributed by atoms with Gasteiger partial charge in [0.2, 0.25) is 11.8 Å². The maximum Gasteiger partial charge on any atom is 0.271 e. The van der Waals surface area contributed by atoms with Crippen molar-refractivity contribution in [2.75, 3.05) is 43.5 Å². The number of piperazine rings is 1. The van der Waals surface area contributed by atoms with E-state index in [9.17, 15) is 19.7 Å². The summed E-state index contributed by atoms with van der Waals surface area (Å²) in [7, 11) is 1.64. The van der Waals surface area contributed by atoms with Crippen LogP contribution in [0.3, 0.4) is 0 Å². The molecule has 158 valence electrons. The summed E-state index contributed by atoms with van der Waals surface area (Å²) in [6.45, 7) is 2.52. The van der Waals surface area contributed by atoms with E-state index in [-0.39, 0.29) is 30.3 Å². The SMILES string of the molecule is COc1ccccc1N1CCN(C(=O)CCC(=O)Nc2cccc([N+](=O)[O-])c2)CC1. The lowest BCUT2D eigenvalue weighted by Crippen LogP contribution is -2.49. The first-order valence-corrected chi connectivity index (χ1v) is 9.68. The standard InChI is InChI=1S/C21H24N4O5/c1-30-19-8-3-2-7-18(19)23-11-13-24(14-12-23)21(27)10-9-20(26)22-16-5-4-6-17(15-16)25(28)29/h2-8,15H,9-14H2,1H3,(H,22,26). The van der Waals surface area contributed by atoms with Crippen LogP contribution < -0.4 is 15.0 Å². The fraction of sp³-hybridized carbons (Fsp3) is 0.333. The number of carbonyl (C=O) groups excluding carboxylic acids is 2. The first-order chi connectivity index (χ1) is 14.5. The number of amides is 2. The zero-order valence-corrected chi connectivity index (χ0v) is 16.7. The first kappa shape index (κ1) is 21.1. The Hall–Kier alpha value is -3.62. The largest absolute Gasteiger partial charge is 0.495 e. The van der Waals surface area contributed by atoms with Gasteiger partial charge in [0.1, 0.15) is 5.75 Å². The maximum absolute atomic E-state index is 12.5. The Balaban J connectivity index is 1.46. The third kappa shape index (κ3) is 5.25. The van der Waals surface area contributed by atoms with Gasteiger partial charge in [0.05, 0.1) is 17.7 Å². The fourth-order valence-electron chi connectivity index (χ4n) is 3.39. The number of nitrogens with one attached hydrogen (secondary N) is 1. The highest BCUT2D eigenvalue weighted by atomic mass is 16.6. The second-order valence-electron chi connectivity index (χ2n) is 6.90. The zero-order chi connectivity index (χ0) is 21.5. The van der Waals surface area contributed by atoms with E-state index in [4.69, 9.17) is 4.74 Å². The number of non-ortho nitro benzene ring substituents is 1. The lowest BCUT2D eigenvalue weighted by atomic mass is 10.2. The van der Waals surface area contributed by atoms with Gasteiger partial charge in [-0.25, -0.2) is 0 Å². The molecular formula is C21H24N4O5. The van der Waals surface area contributed by atoms with Gasteiger partial charge in [-0.1, -0.05) is 18.2 Å². The number of methoxy groups -OCH3 is 1. The molecule has 3 rings (SSSR count). The molecule has 9 heteroatoms.